The van der Waals surface area contributed by atoms with E-state index in [1.54, 1.807) is 17.3 Å². The van der Waals surface area contributed by atoms with Gasteiger partial charge in [0.05, 0.1) is 112 Å². The van der Waals surface area contributed by atoms with Crippen molar-refractivity contribution in [3.8, 4) is 22.5 Å². The zero-order valence-electron chi connectivity index (χ0n) is 73.1. The molecule has 21 rings (SSSR count). The molecule has 2 aliphatic heterocycles. The number of nitrogens with one attached hydrogen (secondary N) is 10. The van der Waals surface area contributed by atoms with E-state index >= 15 is 0 Å². The number of benzene rings is 1. The van der Waals surface area contributed by atoms with Crippen molar-refractivity contribution in [1.82, 2.24) is 105 Å². The van der Waals surface area contributed by atoms with Crippen LogP contribution < -0.4 is 31.5 Å². The molecule has 11 N–H and O–H groups in total. The van der Waals surface area contributed by atoms with Gasteiger partial charge in [0.1, 0.15) is 40.5 Å². The molecule has 666 valence electrons. The molecule has 1 aromatic carbocycles. The number of pyridine rings is 6. The molecule has 15 heterocycles. The van der Waals surface area contributed by atoms with Gasteiger partial charge in [-0.25, -0.2) is 29.7 Å². The lowest BCUT2D eigenvalue weighted by atomic mass is 9.95. The van der Waals surface area contributed by atoms with E-state index in [2.05, 4.69) is 129 Å². The third kappa shape index (κ3) is 22.2. The summed E-state index contributed by atoms with van der Waals surface area (Å²) in [4.78, 5) is 55.1. The molecule has 127 heavy (non-hydrogen) atoms. The van der Waals surface area contributed by atoms with Crippen LogP contribution in [0.4, 0.5) is 34.9 Å². The number of nitrogens with zero attached hydrogens (tertiary/aromatic N) is 17. The van der Waals surface area contributed by atoms with Crippen molar-refractivity contribution in [1.29, 1.82) is 0 Å². The molecular weight excluding hydrogens is 1600 g/mol. The Morgan fingerprint density at radius 2 is 0.913 bits per heavy atom. The van der Waals surface area contributed by atoms with Gasteiger partial charge in [-0.15, -0.1) is 0 Å². The van der Waals surface area contributed by atoms with Crippen LogP contribution in [0.2, 0.25) is 0 Å². The first-order valence-corrected chi connectivity index (χ1v) is 46.5. The molecule has 5 aliphatic carbocycles. The zero-order valence-corrected chi connectivity index (χ0v) is 73.1. The Morgan fingerprint density at radius 1 is 0.457 bits per heavy atom. The molecular formula is C95H121N27O5. The monoisotopic (exact) mass is 1720 g/mol. The number of hydrogen-bond donors (Lipinski definition) is 11. The molecule has 32 nitrogen and oxygen atoms in total. The van der Waals surface area contributed by atoms with E-state index in [4.69, 9.17) is 14.6 Å². The second kappa shape index (κ2) is 43.3. The summed E-state index contributed by atoms with van der Waals surface area (Å²) in [6, 6.07) is 25.7. The van der Waals surface area contributed by atoms with Gasteiger partial charge in [0.25, 0.3) is 0 Å². The highest BCUT2D eigenvalue weighted by atomic mass is 16.5. The number of carbonyl (C=O) groups is 2. The Hall–Kier alpha value is -12.3. The average Bonchev–Trinajstić information content (AvgIpc) is 1.66. The topological polar surface area (TPSA) is 396 Å². The van der Waals surface area contributed by atoms with E-state index in [1.165, 1.54) is 173 Å². The Balaban J connectivity index is 0.000000113. The molecule has 14 aromatic rings. The van der Waals surface area contributed by atoms with Crippen LogP contribution in [0.25, 0.3) is 77.0 Å². The van der Waals surface area contributed by atoms with Crippen LogP contribution in [-0.2, 0) is 46.6 Å². The van der Waals surface area contributed by atoms with E-state index in [-0.39, 0.29) is 18.5 Å². The second-order valence-electron chi connectivity index (χ2n) is 34.7. The van der Waals surface area contributed by atoms with Gasteiger partial charge in [-0.1, -0.05) is 115 Å². The summed E-state index contributed by atoms with van der Waals surface area (Å²) in [6.07, 6.45) is 55.2. The van der Waals surface area contributed by atoms with Crippen LogP contribution >= 0.6 is 0 Å². The average molecular weight is 1720 g/mol. The largest absolute Gasteiger partial charge is 0.465 e. The van der Waals surface area contributed by atoms with E-state index < -0.39 is 0 Å². The number of aliphatic hydroxyl groups excluding tert-OH is 1. The number of carbonyl (C=O) groups excluding carboxylic acids is 2. The van der Waals surface area contributed by atoms with Gasteiger partial charge in [-0.2, -0.15) is 35.7 Å². The van der Waals surface area contributed by atoms with E-state index in [9.17, 15) is 9.59 Å². The van der Waals surface area contributed by atoms with Crippen LogP contribution in [0.3, 0.4) is 0 Å². The van der Waals surface area contributed by atoms with Crippen molar-refractivity contribution in [2.24, 2.45) is 0 Å². The van der Waals surface area contributed by atoms with Crippen LogP contribution in [-0.4, -0.2) is 206 Å². The number of morpholine rings is 1. The molecule has 0 atom stereocenters. The summed E-state index contributed by atoms with van der Waals surface area (Å²) in [6.45, 7) is 7.09. The molecule has 2 saturated heterocycles. The maximum atomic E-state index is 12.0. The van der Waals surface area contributed by atoms with E-state index in [0.29, 0.717) is 48.7 Å². The van der Waals surface area contributed by atoms with Gasteiger partial charge >= 0.3 is 5.97 Å². The number of methoxy groups -OCH3 is 1. The quantitative estimate of drug-likeness (QED) is 0.0237. The number of ether oxygens (including phenoxy) is 2. The minimum atomic E-state index is -0.310. The summed E-state index contributed by atoms with van der Waals surface area (Å²) in [5.41, 5.74) is 13.5. The number of H-pyrrole nitrogens is 5. The van der Waals surface area contributed by atoms with Crippen LogP contribution in [0.1, 0.15) is 213 Å². The maximum absolute atomic E-state index is 12.0. The maximum Gasteiger partial charge on any atom is 0.337 e. The van der Waals surface area contributed by atoms with Gasteiger partial charge in [0.2, 0.25) is 5.91 Å². The summed E-state index contributed by atoms with van der Waals surface area (Å²) in [7, 11) is 1.40. The molecule has 7 aliphatic rings. The SMILES string of the molecule is COC(=O)c1ccc(CCc2[nH]nc3ccnc(NC4CCCCC4)c23)cc1.O=C1CCCN1c1n[nH]c2ccnc(NC3CCCCC3)c12.OCCCc1[nH]nc2ccnc(NC3CCCCC3)c12.c1cc2[nH]nc(-c3cnn(CCN4CCOCC4)c3)c2c(NC2CCCCC2)n1.c1ccc(Cn2cc(-c3n[nH]c4ccnc(NC5CCCCC5)c34)cn2)nc1. The highest BCUT2D eigenvalue weighted by molar-refractivity contribution is 6.07. The number of esters is 1. The standard InChI is InChI=1S/C22H26N4O2.C21H29N7O.C21H23N7.C16H21N5O.C15H22N4O/c1-28-22(27)16-10-7-15(8-11-16)9-12-18-20-19(26-25-18)13-14-23-21(20)24-17-5-3-2-4-6-17;1-2-4-17(5-3-1)24-21-19-18(6-7-22-21)25-26-20(19)16-14-23-28(15-16)9-8-27-10-12-29-13-11-27;1-2-6-16(7-3-1)25-21-19-18(9-11-23-21)26-27-20(19)15-12-24-28(13-15)14-17-8-4-5-10-22-17;22-13-7-4-10-21(13)16-14-12(19-20-16)8-9-17-15(14)18-11-5-2-1-3-6-11;20-10-4-7-12-14-13(19-18-12)8-9-16-15(14)17-11-5-2-1-3-6-11/h7-8,10-11,13-14,17H,2-6,9,12H2,1H3,(H,23,24)(H,25,26);6-7,14-15,17H,1-5,8-13H2,(H,22,24)(H,25,26);4-5,8-13,16H,1-3,6-7,14H2,(H,23,25)(H,26,27);8-9,11H,1-7,10H2,(H,17,18)(H,19,20);8-9,11,20H,1-7,10H2,(H,16,17)(H,18,19). The predicted molar refractivity (Wildman–Crippen MR) is 497 cm³/mol. The predicted octanol–water partition coefficient (Wildman–Crippen LogP) is 16.6. The first kappa shape index (κ1) is 86.8. The molecule has 1 amide bonds. The highest BCUT2D eigenvalue weighted by Crippen LogP contribution is 2.38. The van der Waals surface area contributed by atoms with Gasteiger partial charge in [-0.05, 0) is 156 Å². The third-order valence-corrected chi connectivity index (χ3v) is 25.8. The lowest BCUT2D eigenvalue weighted by molar-refractivity contribution is -0.117. The number of aryl methyl sites for hydroxylation is 3. The zero-order chi connectivity index (χ0) is 86.3. The Kier molecular flexibility index (Phi) is 29.6. The highest BCUT2D eigenvalue weighted by Gasteiger charge is 2.30. The number of fused-ring (bicyclic) bond motifs is 5. The fraction of sp³-hybridized carbons (Fsp3) is 0.484. The van der Waals surface area contributed by atoms with Crippen LogP contribution in [0.5, 0.6) is 0 Å². The van der Waals surface area contributed by atoms with Gasteiger partial charge in [0, 0.05) is 142 Å². The summed E-state index contributed by atoms with van der Waals surface area (Å²) in [5, 5.41) is 79.4. The molecule has 7 fully saturated rings. The number of rotatable bonds is 25. The molecule has 32 heteroatoms. The number of aromatic amines is 5. The molecule has 5 saturated carbocycles. The third-order valence-electron chi connectivity index (χ3n) is 25.8. The number of hydrogen-bond acceptors (Lipinski definition) is 24. The Morgan fingerprint density at radius 3 is 1.39 bits per heavy atom. The fourth-order valence-corrected chi connectivity index (χ4v) is 18.9. The van der Waals surface area contributed by atoms with Crippen molar-refractivity contribution >= 4 is 101 Å². The molecule has 0 radical (unpaired) electrons. The second-order valence-corrected chi connectivity index (χ2v) is 34.7. The molecule has 13 aromatic heterocycles. The Bertz CT molecular complexity index is 5820. The Labute approximate surface area is 739 Å². The molecule has 0 unspecified atom stereocenters. The first-order chi connectivity index (χ1) is 62.7. The summed E-state index contributed by atoms with van der Waals surface area (Å²) < 4.78 is 14.1. The molecule has 0 spiro atoms. The lowest BCUT2D eigenvalue weighted by Gasteiger charge is -2.26. The van der Waals surface area contributed by atoms with Crippen LogP contribution in [0.15, 0.2) is 135 Å². The van der Waals surface area contributed by atoms with Gasteiger partial charge in [0.15, 0.2) is 5.82 Å². The minimum Gasteiger partial charge on any atom is -0.465 e. The smallest absolute Gasteiger partial charge is 0.337 e. The minimum absolute atomic E-state index is 0.154. The van der Waals surface area contributed by atoms with Crippen molar-refractivity contribution in [2.45, 2.75) is 242 Å². The molecule has 0 bridgehead atoms. The summed E-state index contributed by atoms with van der Waals surface area (Å²) in [5.74, 6) is 5.14. The van der Waals surface area contributed by atoms with Crippen molar-refractivity contribution in [3.05, 3.63) is 163 Å². The van der Waals surface area contributed by atoms with Crippen molar-refractivity contribution in [3.63, 3.8) is 0 Å². The normalized spacial score (nSPS) is 17.1. The van der Waals surface area contributed by atoms with E-state index in [0.717, 1.165) is 207 Å². The first-order valence-electron chi connectivity index (χ1n) is 46.5. The van der Waals surface area contributed by atoms with Gasteiger partial charge in [-0.3, -0.25) is 54.4 Å². The lowest BCUT2D eigenvalue weighted by Crippen LogP contribution is -2.38. The van der Waals surface area contributed by atoms with Crippen LogP contribution in [0, 0.1) is 0 Å². The fourth-order valence-electron chi connectivity index (χ4n) is 18.9. The van der Waals surface area contributed by atoms with Gasteiger partial charge < -0.3 is 41.2 Å². The number of anilines is 6. The van der Waals surface area contributed by atoms with Crippen molar-refractivity contribution in [2.75, 3.05) is 84.6 Å². The number of aromatic nitrogens is 20. The van der Waals surface area contributed by atoms with Crippen molar-refractivity contribution < 1.29 is 24.2 Å². The number of aliphatic hydroxyl groups is 1. The number of amides is 1. The van der Waals surface area contributed by atoms with E-state index in [1.807, 2.05) is 126 Å². The summed E-state index contributed by atoms with van der Waals surface area (Å²) >= 11 is 0.